The van der Waals surface area contributed by atoms with Crippen molar-refractivity contribution in [1.29, 1.82) is 0 Å². The van der Waals surface area contributed by atoms with Gasteiger partial charge in [0.15, 0.2) is 11.6 Å². The van der Waals surface area contributed by atoms with Crippen LogP contribution in [0.2, 0.25) is 0 Å². The number of hydrogen-bond donors (Lipinski definition) is 0. The first-order valence-corrected chi connectivity index (χ1v) is 10.8. The number of hydrogen-bond acceptors (Lipinski definition) is 0. The molecule has 0 saturated heterocycles. The second kappa shape index (κ2) is 10.9. The van der Waals surface area contributed by atoms with Crippen LogP contribution in [-0.4, -0.2) is 0 Å². The summed E-state index contributed by atoms with van der Waals surface area (Å²) in [5.41, 5.74) is 3.68. The predicted octanol–water partition coefficient (Wildman–Crippen LogP) is 8.59. The highest BCUT2D eigenvalue weighted by molar-refractivity contribution is 5.71. The van der Waals surface area contributed by atoms with Crippen molar-refractivity contribution in [2.45, 2.75) is 58.3 Å². The molecule has 0 aliphatic heterocycles. The van der Waals surface area contributed by atoms with Gasteiger partial charge in [-0.25, -0.2) is 8.78 Å². The Bertz CT molecular complexity index is 882. The van der Waals surface area contributed by atoms with Gasteiger partial charge in [0.05, 0.1) is 0 Å². The van der Waals surface area contributed by atoms with Gasteiger partial charge in [0.25, 0.3) is 0 Å². The van der Waals surface area contributed by atoms with Crippen LogP contribution in [0.1, 0.15) is 57.4 Å². The summed E-state index contributed by atoms with van der Waals surface area (Å²) in [6.07, 6.45) is 8.81. The molecule has 0 aliphatic rings. The lowest BCUT2D eigenvalue weighted by Crippen LogP contribution is -1.98. The van der Waals surface area contributed by atoms with Crippen molar-refractivity contribution in [1.82, 2.24) is 0 Å². The first-order valence-electron chi connectivity index (χ1n) is 10.8. The van der Waals surface area contributed by atoms with Gasteiger partial charge < -0.3 is 0 Å². The van der Waals surface area contributed by atoms with Gasteiger partial charge in [-0.15, -0.1) is 0 Å². The third-order valence-electron chi connectivity index (χ3n) is 5.51. The van der Waals surface area contributed by atoms with E-state index in [1.165, 1.54) is 32.1 Å². The maximum Gasteiger partial charge on any atom is 0.166 e. The summed E-state index contributed by atoms with van der Waals surface area (Å²) in [5, 5.41) is 0. The van der Waals surface area contributed by atoms with Crippen LogP contribution >= 0.6 is 0 Å². The van der Waals surface area contributed by atoms with Crippen molar-refractivity contribution in [2.75, 3.05) is 0 Å². The number of halogens is 2. The van der Waals surface area contributed by atoms with E-state index in [1.807, 2.05) is 54.6 Å². The lowest BCUT2D eigenvalue weighted by molar-refractivity contribution is 0.497. The molecule has 0 unspecified atom stereocenters. The minimum absolute atomic E-state index is 0.324. The molecule has 3 aromatic carbocycles. The maximum atomic E-state index is 14.7. The standard InChI is InChI=1S/C27H30F2/c1-2-3-4-5-6-7-9-14-24-19-20-25(27(29)26(24)28)23-17-15-22(16-18-23)21-12-10-8-11-13-21/h8,10-13,15-20H,2-7,9,14H2,1H3. The summed E-state index contributed by atoms with van der Waals surface area (Å²) in [5.74, 6) is -1.43. The largest absolute Gasteiger partial charge is 0.203 e. The Balaban J connectivity index is 1.63. The molecule has 0 heterocycles. The Morgan fingerprint density at radius 1 is 0.552 bits per heavy atom. The van der Waals surface area contributed by atoms with E-state index in [0.717, 1.165) is 24.0 Å². The molecule has 29 heavy (non-hydrogen) atoms. The van der Waals surface area contributed by atoms with Crippen molar-refractivity contribution < 1.29 is 8.78 Å². The summed E-state index contributed by atoms with van der Waals surface area (Å²) in [6, 6.07) is 21.1. The molecule has 3 rings (SSSR count). The summed E-state index contributed by atoms with van der Waals surface area (Å²) in [6.45, 7) is 2.21. The number of aryl methyl sites for hydroxylation is 1. The fourth-order valence-electron chi connectivity index (χ4n) is 3.75. The zero-order chi connectivity index (χ0) is 20.5. The number of rotatable bonds is 10. The fraction of sp³-hybridized carbons (Fsp3) is 0.333. The van der Waals surface area contributed by atoms with Crippen molar-refractivity contribution in [3.05, 3.63) is 83.9 Å². The van der Waals surface area contributed by atoms with Gasteiger partial charge in [0, 0.05) is 5.56 Å². The third kappa shape index (κ3) is 5.76. The monoisotopic (exact) mass is 392 g/mol. The van der Waals surface area contributed by atoms with Crippen LogP contribution in [0.5, 0.6) is 0 Å². The summed E-state index contributed by atoms with van der Waals surface area (Å²) >= 11 is 0. The van der Waals surface area contributed by atoms with Crippen LogP contribution in [-0.2, 0) is 6.42 Å². The first kappa shape index (κ1) is 21.2. The number of benzene rings is 3. The SMILES string of the molecule is CCCCCCCCCc1ccc(-c2ccc(-c3ccccc3)cc2)c(F)c1F. The molecular weight excluding hydrogens is 362 g/mol. The van der Waals surface area contributed by atoms with Crippen LogP contribution < -0.4 is 0 Å². The molecule has 3 aromatic rings. The quantitative estimate of drug-likeness (QED) is 0.303. The van der Waals surface area contributed by atoms with E-state index >= 15 is 0 Å². The second-order valence-electron chi connectivity index (χ2n) is 7.71. The molecule has 0 aromatic heterocycles. The van der Waals surface area contributed by atoms with Crippen molar-refractivity contribution in [2.24, 2.45) is 0 Å². The Kier molecular flexibility index (Phi) is 7.98. The molecule has 152 valence electrons. The van der Waals surface area contributed by atoms with E-state index < -0.39 is 11.6 Å². The molecule has 0 radical (unpaired) electrons. The van der Waals surface area contributed by atoms with E-state index in [4.69, 9.17) is 0 Å². The average Bonchev–Trinajstić information content (AvgIpc) is 2.77. The predicted molar refractivity (Wildman–Crippen MR) is 119 cm³/mol. The van der Waals surface area contributed by atoms with Crippen molar-refractivity contribution >= 4 is 0 Å². The van der Waals surface area contributed by atoms with Gasteiger partial charge >= 0.3 is 0 Å². The zero-order valence-corrected chi connectivity index (χ0v) is 17.3. The van der Waals surface area contributed by atoms with Gasteiger partial charge in [-0.1, -0.05) is 112 Å². The molecule has 0 atom stereocenters. The minimum atomic E-state index is -0.738. The average molecular weight is 393 g/mol. The highest BCUT2D eigenvalue weighted by Gasteiger charge is 2.14. The van der Waals surface area contributed by atoms with E-state index in [0.29, 0.717) is 23.1 Å². The van der Waals surface area contributed by atoms with E-state index in [-0.39, 0.29) is 0 Å². The van der Waals surface area contributed by atoms with Gasteiger partial charge in [0.2, 0.25) is 0 Å². The first-order chi connectivity index (χ1) is 14.2. The van der Waals surface area contributed by atoms with Gasteiger partial charge in [0.1, 0.15) is 0 Å². The zero-order valence-electron chi connectivity index (χ0n) is 17.3. The van der Waals surface area contributed by atoms with E-state index in [9.17, 15) is 8.78 Å². The van der Waals surface area contributed by atoms with Crippen LogP contribution in [0.4, 0.5) is 8.78 Å². The lowest BCUT2D eigenvalue weighted by atomic mass is 9.97. The Hall–Kier alpha value is -2.48. The molecule has 2 heteroatoms. The highest BCUT2D eigenvalue weighted by Crippen LogP contribution is 2.29. The van der Waals surface area contributed by atoms with Crippen LogP contribution in [0.15, 0.2) is 66.7 Å². The van der Waals surface area contributed by atoms with Crippen molar-refractivity contribution in [3.8, 4) is 22.3 Å². The molecule has 0 spiro atoms. The van der Waals surface area contributed by atoms with Crippen LogP contribution in [0.25, 0.3) is 22.3 Å². The Morgan fingerprint density at radius 3 is 1.83 bits per heavy atom. The van der Waals surface area contributed by atoms with E-state index in [1.54, 1.807) is 12.1 Å². The molecule has 0 aliphatic carbocycles. The fourth-order valence-corrected chi connectivity index (χ4v) is 3.75. The molecule has 0 N–H and O–H groups in total. The highest BCUT2D eigenvalue weighted by atomic mass is 19.2. The smallest absolute Gasteiger partial charge is 0.166 e. The molecule has 0 fully saturated rings. The second-order valence-corrected chi connectivity index (χ2v) is 7.71. The summed E-state index contributed by atoms with van der Waals surface area (Å²) in [7, 11) is 0. The summed E-state index contributed by atoms with van der Waals surface area (Å²) in [4.78, 5) is 0. The normalized spacial score (nSPS) is 11.0. The van der Waals surface area contributed by atoms with Gasteiger partial charge in [-0.05, 0) is 35.1 Å². The molecule has 0 nitrogen and oxygen atoms in total. The Morgan fingerprint density at radius 2 is 1.14 bits per heavy atom. The van der Waals surface area contributed by atoms with Gasteiger partial charge in [-0.3, -0.25) is 0 Å². The topological polar surface area (TPSA) is 0 Å². The lowest BCUT2D eigenvalue weighted by Gasteiger charge is -2.10. The van der Waals surface area contributed by atoms with Crippen LogP contribution in [0, 0.1) is 11.6 Å². The van der Waals surface area contributed by atoms with Crippen LogP contribution in [0.3, 0.4) is 0 Å². The molecule has 0 bridgehead atoms. The molecular formula is C27H30F2. The number of unbranched alkanes of at least 4 members (excludes halogenated alkanes) is 6. The minimum Gasteiger partial charge on any atom is -0.203 e. The summed E-state index contributed by atoms with van der Waals surface area (Å²) < 4.78 is 29.3. The van der Waals surface area contributed by atoms with E-state index in [2.05, 4.69) is 6.92 Å². The van der Waals surface area contributed by atoms with Crippen molar-refractivity contribution in [3.63, 3.8) is 0 Å². The molecule has 0 saturated carbocycles. The Labute approximate surface area is 173 Å². The third-order valence-corrected chi connectivity index (χ3v) is 5.51. The van der Waals surface area contributed by atoms with Gasteiger partial charge in [-0.2, -0.15) is 0 Å². The molecule has 0 amide bonds. The maximum absolute atomic E-state index is 14.7.